The maximum absolute atomic E-state index is 12.2. The van der Waals surface area contributed by atoms with Crippen molar-refractivity contribution in [2.24, 2.45) is 5.92 Å². The van der Waals surface area contributed by atoms with Gasteiger partial charge in [0.1, 0.15) is 10.8 Å². The van der Waals surface area contributed by atoms with E-state index < -0.39 is 0 Å². The van der Waals surface area contributed by atoms with E-state index in [0.717, 1.165) is 19.6 Å². The first-order valence-electron chi connectivity index (χ1n) is 6.05. The summed E-state index contributed by atoms with van der Waals surface area (Å²) in [5, 5.41) is 0.237. The van der Waals surface area contributed by atoms with Gasteiger partial charge in [-0.3, -0.25) is 9.78 Å². The van der Waals surface area contributed by atoms with E-state index >= 15 is 0 Å². The van der Waals surface area contributed by atoms with E-state index in [1.165, 1.54) is 12.4 Å². The fraction of sp³-hybridized carbons (Fsp3) is 0.583. The number of hydrogen-bond donors (Lipinski definition) is 0. The zero-order valence-electron chi connectivity index (χ0n) is 10.3. The van der Waals surface area contributed by atoms with Crippen LogP contribution in [0.1, 0.15) is 23.8 Å². The molecule has 6 heteroatoms. The summed E-state index contributed by atoms with van der Waals surface area (Å²) < 4.78 is 5.32. The molecule has 98 valence electrons. The standard InChI is InChI=1S/C12H16ClN3O2/c1-2-16(7-9-3-4-18-8-9)12(17)10-5-14-6-11(13)15-10/h5-6,9H,2-4,7-8H2,1H3. The molecule has 1 unspecified atom stereocenters. The monoisotopic (exact) mass is 269 g/mol. The minimum Gasteiger partial charge on any atom is -0.381 e. The van der Waals surface area contributed by atoms with Crippen LogP contribution in [-0.2, 0) is 4.74 Å². The highest BCUT2D eigenvalue weighted by Gasteiger charge is 2.23. The Kier molecular flexibility index (Phi) is 4.49. The summed E-state index contributed by atoms with van der Waals surface area (Å²) in [6.45, 7) is 4.80. The maximum Gasteiger partial charge on any atom is 0.274 e. The molecule has 0 N–H and O–H groups in total. The van der Waals surface area contributed by atoms with Gasteiger partial charge < -0.3 is 9.64 Å². The fourth-order valence-electron chi connectivity index (χ4n) is 2.00. The lowest BCUT2D eigenvalue weighted by atomic mass is 10.1. The topological polar surface area (TPSA) is 55.3 Å². The summed E-state index contributed by atoms with van der Waals surface area (Å²) >= 11 is 5.74. The number of aromatic nitrogens is 2. The first kappa shape index (κ1) is 13.2. The molecule has 1 fully saturated rings. The minimum atomic E-state index is -0.126. The number of nitrogens with zero attached hydrogens (tertiary/aromatic N) is 3. The van der Waals surface area contributed by atoms with Crippen LogP contribution in [-0.4, -0.2) is 47.1 Å². The predicted molar refractivity (Wildman–Crippen MR) is 67.5 cm³/mol. The van der Waals surface area contributed by atoms with Crippen LogP contribution < -0.4 is 0 Å². The molecule has 18 heavy (non-hydrogen) atoms. The molecule has 0 radical (unpaired) electrons. The molecule has 0 spiro atoms. The Balaban J connectivity index is 2.04. The molecular weight excluding hydrogens is 254 g/mol. The molecule has 0 aromatic carbocycles. The van der Waals surface area contributed by atoms with Crippen LogP contribution in [0.15, 0.2) is 12.4 Å². The molecule has 0 aliphatic carbocycles. The number of carbonyl (C=O) groups is 1. The highest BCUT2D eigenvalue weighted by Crippen LogP contribution is 2.15. The van der Waals surface area contributed by atoms with E-state index in [2.05, 4.69) is 9.97 Å². The Morgan fingerprint density at radius 1 is 1.61 bits per heavy atom. The quantitative estimate of drug-likeness (QED) is 0.834. The Morgan fingerprint density at radius 2 is 2.44 bits per heavy atom. The molecule has 0 saturated carbocycles. The van der Waals surface area contributed by atoms with Gasteiger partial charge in [0, 0.05) is 25.6 Å². The Bertz CT molecular complexity index is 422. The molecule has 1 aliphatic rings. The van der Waals surface area contributed by atoms with Crippen molar-refractivity contribution in [2.75, 3.05) is 26.3 Å². The van der Waals surface area contributed by atoms with Crippen molar-refractivity contribution < 1.29 is 9.53 Å². The van der Waals surface area contributed by atoms with Gasteiger partial charge in [-0.15, -0.1) is 0 Å². The van der Waals surface area contributed by atoms with Crippen molar-refractivity contribution in [1.29, 1.82) is 0 Å². The fourth-order valence-corrected chi connectivity index (χ4v) is 2.15. The average molecular weight is 270 g/mol. The Labute approximate surface area is 111 Å². The van der Waals surface area contributed by atoms with Gasteiger partial charge in [0.05, 0.1) is 19.0 Å². The van der Waals surface area contributed by atoms with Gasteiger partial charge in [-0.1, -0.05) is 11.6 Å². The van der Waals surface area contributed by atoms with Gasteiger partial charge in [0.2, 0.25) is 0 Å². The van der Waals surface area contributed by atoms with E-state index in [4.69, 9.17) is 16.3 Å². The number of amides is 1. The third-order valence-electron chi connectivity index (χ3n) is 3.00. The van der Waals surface area contributed by atoms with Crippen LogP contribution in [0.2, 0.25) is 5.15 Å². The lowest BCUT2D eigenvalue weighted by molar-refractivity contribution is 0.0724. The van der Waals surface area contributed by atoms with Crippen molar-refractivity contribution in [1.82, 2.24) is 14.9 Å². The van der Waals surface area contributed by atoms with Crippen LogP contribution in [0.4, 0.5) is 0 Å². The summed E-state index contributed by atoms with van der Waals surface area (Å²) in [4.78, 5) is 21.9. The van der Waals surface area contributed by atoms with Gasteiger partial charge >= 0.3 is 0 Å². The first-order valence-corrected chi connectivity index (χ1v) is 6.43. The van der Waals surface area contributed by atoms with E-state index in [9.17, 15) is 4.79 Å². The number of carbonyl (C=O) groups excluding carboxylic acids is 1. The molecule has 1 aromatic heterocycles. The smallest absolute Gasteiger partial charge is 0.274 e. The molecule has 1 saturated heterocycles. The number of ether oxygens (including phenoxy) is 1. The normalized spacial score (nSPS) is 18.9. The van der Waals surface area contributed by atoms with Crippen LogP contribution in [0.3, 0.4) is 0 Å². The van der Waals surface area contributed by atoms with Crippen LogP contribution in [0, 0.1) is 5.92 Å². The molecule has 2 heterocycles. The predicted octanol–water partition coefficient (Wildman–Crippen LogP) is 1.63. The third-order valence-corrected chi connectivity index (χ3v) is 3.18. The highest BCUT2D eigenvalue weighted by atomic mass is 35.5. The lowest BCUT2D eigenvalue weighted by Crippen LogP contribution is -2.36. The lowest BCUT2D eigenvalue weighted by Gasteiger charge is -2.23. The van der Waals surface area contributed by atoms with Crippen molar-refractivity contribution >= 4 is 17.5 Å². The molecule has 1 aromatic rings. The number of hydrogen-bond acceptors (Lipinski definition) is 4. The first-order chi connectivity index (χ1) is 8.70. The Hall–Kier alpha value is -1.20. The molecule has 0 bridgehead atoms. The molecular formula is C12H16ClN3O2. The van der Waals surface area contributed by atoms with E-state index in [-0.39, 0.29) is 11.1 Å². The van der Waals surface area contributed by atoms with Gasteiger partial charge in [-0.2, -0.15) is 0 Å². The summed E-state index contributed by atoms with van der Waals surface area (Å²) in [5.74, 6) is 0.292. The summed E-state index contributed by atoms with van der Waals surface area (Å²) in [7, 11) is 0. The molecule has 1 aliphatic heterocycles. The second-order valence-corrected chi connectivity index (χ2v) is 4.69. The van der Waals surface area contributed by atoms with E-state index in [1.807, 2.05) is 6.92 Å². The summed E-state index contributed by atoms with van der Waals surface area (Å²) in [5.41, 5.74) is 0.295. The second-order valence-electron chi connectivity index (χ2n) is 4.30. The van der Waals surface area contributed by atoms with Gasteiger partial charge in [-0.25, -0.2) is 4.98 Å². The van der Waals surface area contributed by atoms with Crippen molar-refractivity contribution in [3.63, 3.8) is 0 Å². The van der Waals surface area contributed by atoms with Crippen molar-refractivity contribution in [3.05, 3.63) is 23.2 Å². The third kappa shape index (κ3) is 3.17. The van der Waals surface area contributed by atoms with Gasteiger partial charge in [0.25, 0.3) is 5.91 Å². The molecule has 1 atom stereocenters. The number of halogens is 1. The second kappa shape index (κ2) is 6.11. The average Bonchev–Trinajstić information content (AvgIpc) is 2.88. The molecule has 1 amide bonds. The van der Waals surface area contributed by atoms with Crippen molar-refractivity contribution in [2.45, 2.75) is 13.3 Å². The number of rotatable bonds is 4. The van der Waals surface area contributed by atoms with E-state index in [0.29, 0.717) is 24.7 Å². The van der Waals surface area contributed by atoms with Crippen LogP contribution >= 0.6 is 11.6 Å². The van der Waals surface area contributed by atoms with Gasteiger partial charge in [0.15, 0.2) is 0 Å². The zero-order valence-corrected chi connectivity index (χ0v) is 11.1. The van der Waals surface area contributed by atoms with Gasteiger partial charge in [-0.05, 0) is 13.3 Å². The largest absolute Gasteiger partial charge is 0.381 e. The SMILES string of the molecule is CCN(CC1CCOC1)C(=O)c1cncc(Cl)n1. The van der Waals surface area contributed by atoms with Crippen LogP contribution in [0.5, 0.6) is 0 Å². The molecule has 5 nitrogen and oxygen atoms in total. The molecule has 2 rings (SSSR count). The van der Waals surface area contributed by atoms with Crippen LogP contribution in [0.25, 0.3) is 0 Å². The minimum absolute atomic E-state index is 0.126. The zero-order chi connectivity index (χ0) is 13.0. The summed E-state index contributed by atoms with van der Waals surface area (Å²) in [6.07, 6.45) is 3.87. The summed E-state index contributed by atoms with van der Waals surface area (Å²) in [6, 6.07) is 0. The maximum atomic E-state index is 12.2. The van der Waals surface area contributed by atoms with Crippen molar-refractivity contribution in [3.8, 4) is 0 Å². The van der Waals surface area contributed by atoms with E-state index in [1.54, 1.807) is 4.90 Å². The highest BCUT2D eigenvalue weighted by molar-refractivity contribution is 6.29. The Morgan fingerprint density at radius 3 is 3.06 bits per heavy atom.